The third-order valence-electron chi connectivity index (χ3n) is 3.50. The van der Waals surface area contributed by atoms with E-state index in [2.05, 4.69) is 6.58 Å². The number of rotatable bonds is 6. The molecule has 120 valence electrons. The minimum absolute atomic E-state index is 0.180. The van der Waals surface area contributed by atoms with Crippen LogP contribution in [0.2, 0.25) is 0 Å². The lowest BCUT2D eigenvalue weighted by Gasteiger charge is -2.14. The standard InChI is InChI=1S/C19H18F2O2/c1-4-13(5-6-14-7-8-15(20)11-18(14)21)17-10-9-16(22-2)12-19(17)23-3/h4-13H,1H2,2-3H3/b6-5+. The van der Waals surface area contributed by atoms with E-state index in [1.165, 1.54) is 12.1 Å². The summed E-state index contributed by atoms with van der Waals surface area (Å²) >= 11 is 0. The van der Waals surface area contributed by atoms with E-state index in [0.717, 1.165) is 11.6 Å². The maximum Gasteiger partial charge on any atom is 0.133 e. The molecule has 0 spiro atoms. The van der Waals surface area contributed by atoms with Gasteiger partial charge in [-0.15, -0.1) is 6.58 Å². The fourth-order valence-electron chi connectivity index (χ4n) is 2.25. The van der Waals surface area contributed by atoms with Gasteiger partial charge in [0.15, 0.2) is 0 Å². The van der Waals surface area contributed by atoms with Gasteiger partial charge in [0.2, 0.25) is 0 Å². The molecule has 0 amide bonds. The molecule has 2 aromatic rings. The van der Waals surface area contributed by atoms with Gasteiger partial charge in [0.25, 0.3) is 0 Å². The van der Waals surface area contributed by atoms with Gasteiger partial charge >= 0.3 is 0 Å². The summed E-state index contributed by atoms with van der Waals surface area (Å²) in [6.45, 7) is 3.81. The van der Waals surface area contributed by atoms with E-state index in [-0.39, 0.29) is 5.92 Å². The fourth-order valence-corrected chi connectivity index (χ4v) is 2.25. The molecular weight excluding hydrogens is 298 g/mol. The summed E-state index contributed by atoms with van der Waals surface area (Å²) in [6.07, 6.45) is 5.11. The van der Waals surface area contributed by atoms with Gasteiger partial charge in [-0.2, -0.15) is 0 Å². The van der Waals surface area contributed by atoms with Gasteiger partial charge in [0.05, 0.1) is 14.2 Å². The first-order chi connectivity index (χ1) is 11.1. The molecule has 0 bridgehead atoms. The Kier molecular flexibility index (Phi) is 5.52. The summed E-state index contributed by atoms with van der Waals surface area (Å²) in [5.74, 6) is -0.0525. The first-order valence-corrected chi connectivity index (χ1v) is 7.06. The number of methoxy groups -OCH3 is 2. The maximum atomic E-state index is 13.7. The van der Waals surface area contributed by atoms with Gasteiger partial charge in [-0.1, -0.05) is 24.3 Å². The van der Waals surface area contributed by atoms with Crippen LogP contribution in [0.15, 0.2) is 55.1 Å². The van der Waals surface area contributed by atoms with Crippen molar-refractivity contribution in [3.05, 3.63) is 77.9 Å². The highest BCUT2D eigenvalue weighted by Crippen LogP contribution is 2.32. The summed E-state index contributed by atoms with van der Waals surface area (Å²) in [7, 11) is 3.15. The summed E-state index contributed by atoms with van der Waals surface area (Å²) < 4.78 is 37.2. The van der Waals surface area contributed by atoms with Crippen LogP contribution in [0, 0.1) is 11.6 Å². The third kappa shape index (κ3) is 3.97. The number of benzene rings is 2. The molecule has 0 N–H and O–H groups in total. The number of ether oxygens (including phenoxy) is 2. The van der Waals surface area contributed by atoms with Crippen LogP contribution in [0.3, 0.4) is 0 Å². The number of halogens is 2. The van der Waals surface area contributed by atoms with Gasteiger partial charge in [0.1, 0.15) is 23.1 Å². The molecule has 0 saturated heterocycles. The maximum absolute atomic E-state index is 13.7. The van der Waals surface area contributed by atoms with Crippen molar-refractivity contribution in [2.75, 3.05) is 14.2 Å². The van der Waals surface area contributed by atoms with Gasteiger partial charge in [-0.25, -0.2) is 8.78 Å². The predicted octanol–water partition coefficient (Wildman–Crippen LogP) is 4.97. The SMILES string of the molecule is C=CC(/C=C/c1ccc(F)cc1F)c1ccc(OC)cc1OC. The zero-order valence-corrected chi connectivity index (χ0v) is 13.1. The van der Waals surface area contributed by atoms with Gasteiger partial charge in [0, 0.05) is 29.2 Å². The van der Waals surface area contributed by atoms with Crippen molar-refractivity contribution >= 4 is 6.08 Å². The van der Waals surface area contributed by atoms with Gasteiger partial charge in [-0.05, 0) is 18.2 Å². The molecule has 2 nitrogen and oxygen atoms in total. The van der Waals surface area contributed by atoms with E-state index in [4.69, 9.17) is 9.47 Å². The molecule has 0 aliphatic rings. The minimum Gasteiger partial charge on any atom is -0.497 e. The Balaban J connectivity index is 2.33. The highest BCUT2D eigenvalue weighted by molar-refractivity contribution is 5.54. The molecule has 0 aliphatic carbocycles. The molecular formula is C19H18F2O2. The first kappa shape index (κ1) is 16.7. The third-order valence-corrected chi connectivity index (χ3v) is 3.50. The molecule has 0 aromatic heterocycles. The van der Waals surface area contributed by atoms with E-state index in [0.29, 0.717) is 17.1 Å². The van der Waals surface area contributed by atoms with E-state index < -0.39 is 11.6 Å². The normalized spacial score (nSPS) is 12.2. The van der Waals surface area contributed by atoms with E-state index in [1.54, 1.807) is 38.5 Å². The van der Waals surface area contributed by atoms with Crippen molar-refractivity contribution < 1.29 is 18.3 Å². The van der Waals surface area contributed by atoms with Crippen LogP contribution in [0.25, 0.3) is 6.08 Å². The average molecular weight is 316 g/mol. The minimum atomic E-state index is -0.606. The topological polar surface area (TPSA) is 18.5 Å². The van der Waals surface area contributed by atoms with Crippen molar-refractivity contribution in [1.82, 2.24) is 0 Å². The molecule has 1 atom stereocenters. The summed E-state index contributed by atoms with van der Waals surface area (Å²) in [4.78, 5) is 0. The molecule has 0 heterocycles. The van der Waals surface area contributed by atoms with Crippen LogP contribution < -0.4 is 9.47 Å². The van der Waals surface area contributed by atoms with Crippen molar-refractivity contribution in [2.45, 2.75) is 5.92 Å². The van der Waals surface area contributed by atoms with Crippen LogP contribution in [0.5, 0.6) is 11.5 Å². The zero-order valence-electron chi connectivity index (χ0n) is 13.1. The Morgan fingerprint density at radius 3 is 2.43 bits per heavy atom. The quantitative estimate of drug-likeness (QED) is 0.701. The second-order valence-corrected chi connectivity index (χ2v) is 4.89. The molecule has 1 unspecified atom stereocenters. The summed E-state index contributed by atoms with van der Waals surface area (Å²) in [6, 6.07) is 8.94. The van der Waals surface area contributed by atoms with Crippen molar-refractivity contribution in [3.63, 3.8) is 0 Å². The van der Waals surface area contributed by atoms with Crippen molar-refractivity contribution in [2.24, 2.45) is 0 Å². The average Bonchev–Trinajstić information content (AvgIpc) is 2.57. The molecule has 2 rings (SSSR count). The predicted molar refractivity (Wildman–Crippen MR) is 87.9 cm³/mol. The van der Waals surface area contributed by atoms with E-state index in [9.17, 15) is 8.78 Å². The molecule has 0 saturated carbocycles. The van der Waals surface area contributed by atoms with Crippen LogP contribution in [0.4, 0.5) is 8.78 Å². The van der Waals surface area contributed by atoms with E-state index in [1.807, 2.05) is 12.1 Å². The number of hydrogen-bond donors (Lipinski definition) is 0. The molecule has 0 radical (unpaired) electrons. The van der Waals surface area contributed by atoms with Crippen LogP contribution in [0.1, 0.15) is 17.0 Å². The Morgan fingerprint density at radius 1 is 1.04 bits per heavy atom. The van der Waals surface area contributed by atoms with Crippen LogP contribution in [-0.2, 0) is 0 Å². The lowest BCUT2D eigenvalue weighted by Crippen LogP contribution is -1.97. The molecule has 2 aromatic carbocycles. The van der Waals surface area contributed by atoms with E-state index >= 15 is 0 Å². The van der Waals surface area contributed by atoms with Crippen molar-refractivity contribution in [1.29, 1.82) is 0 Å². The second-order valence-electron chi connectivity index (χ2n) is 4.89. The molecule has 0 fully saturated rings. The number of allylic oxidation sites excluding steroid dienone is 2. The summed E-state index contributed by atoms with van der Waals surface area (Å²) in [5.41, 5.74) is 1.19. The monoisotopic (exact) mass is 316 g/mol. The Labute approximate surface area is 134 Å². The summed E-state index contributed by atoms with van der Waals surface area (Å²) in [5, 5.41) is 0. The lowest BCUT2D eigenvalue weighted by atomic mass is 9.96. The first-order valence-electron chi connectivity index (χ1n) is 7.06. The largest absolute Gasteiger partial charge is 0.497 e. The van der Waals surface area contributed by atoms with Gasteiger partial charge < -0.3 is 9.47 Å². The van der Waals surface area contributed by atoms with Crippen LogP contribution >= 0.6 is 0 Å². The molecule has 4 heteroatoms. The van der Waals surface area contributed by atoms with Crippen molar-refractivity contribution in [3.8, 4) is 11.5 Å². The molecule has 0 aliphatic heterocycles. The fraction of sp³-hybridized carbons (Fsp3) is 0.158. The highest BCUT2D eigenvalue weighted by atomic mass is 19.1. The highest BCUT2D eigenvalue weighted by Gasteiger charge is 2.12. The second kappa shape index (κ2) is 7.58. The lowest BCUT2D eigenvalue weighted by molar-refractivity contribution is 0.391. The zero-order chi connectivity index (χ0) is 16.8. The number of hydrogen-bond acceptors (Lipinski definition) is 2. The van der Waals surface area contributed by atoms with Gasteiger partial charge in [-0.3, -0.25) is 0 Å². The Hall–Kier alpha value is -2.62. The Bertz CT molecular complexity index is 723. The Morgan fingerprint density at radius 2 is 1.83 bits per heavy atom. The van der Waals surface area contributed by atoms with Crippen LogP contribution in [-0.4, -0.2) is 14.2 Å². The smallest absolute Gasteiger partial charge is 0.133 e. The molecule has 23 heavy (non-hydrogen) atoms.